The first-order valence-electron chi connectivity index (χ1n) is 8.53. The third kappa shape index (κ3) is 3.27. The van der Waals surface area contributed by atoms with E-state index in [1.165, 1.54) is 21.0 Å². The number of benzene rings is 2. The molecule has 3 aromatic rings. The lowest BCUT2D eigenvalue weighted by Gasteiger charge is -2.35. The van der Waals surface area contributed by atoms with Crippen molar-refractivity contribution in [3.05, 3.63) is 64.8 Å². The number of fused-ring (bicyclic) bond motifs is 1. The van der Waals surface area contributed by atoms with E-state index in [-0.39, 0.29) is 11.9 Å². The summed E-state index contributed by atoms with van der Waals surface area (Å²) in [5.74, 6) is 0.513. The molecule has 4 rings (SSSR count). The number of ether oxygens (including phenoxy) is 1. The van der Waals surface area contributed by atoms with E-state index in [2.05, 4.69) is 40.5 Å². The molecule has 3 nitrogen and oxygen atoms in total. The van der Waals surface area contributed by atoms with E-state index in [1.54, 1.807) is 30.6 Å². The smallest absolute Gasteiger partial charge is 0.124 e. The minimum Gasteiger partial charge on any atom is -0.496 e. The Morgan fingerprint density at radius 3 is 2.68 bits per heavy atom. The molecule has 1 fully saturated rings. The van der Waals surface area contributed by atoms with Crippen LogP contribution in [-0.2, 0) is 0 Å². The van der Waals surface area contributed by atoms with Gasteiger partial charge in [0.1, 0.15) is 11.6 Å². The highest BCUT2D eigenvalue weighted by molar-refractivity contribution is 7.19. The molecule has 2 heterocycles. The van der Waals surface area contributed by atoms with Gasteiger partial charge < -0.3 is 10.1 Å². The minimum absolute atomic E-state index is 0.00477. The van der Waals surface area contributed by atoms with Crippen molar-refractivity contribution in [3.8, 4) is 5.75 Å². The summed E-state index contributed by atoms with van der Waals surface area (Å²) in [4.78, 5) is 3.64. The van der Waals surface area contributed by atoms with Gasteiger partial charge in [0.05, 0.1) is 13.2 Å². The Bertz CT molecular complexity index is 840. The minimum atomic E-state index is -0.225. The number of nitrogens with zero attached hydrogens (tertiary/aromatic N) is 1. The van der Waals surface area contributed by atoms with Crippen molar-refractivity contribution in [1.82, 2.24) is 10.2 Å². The van der Waals surface area contributed by atoms with Crippen LogP contribution in [0.3, 0.4) is 0 Å². The van der Waals surface area contributed by atoms with Gasteiger partial charge in [-0.25, -0.2) is 4.39 Å². The summed E-state index contributed by atoms with van der Waals surface area (Å²) >= 11 is 1.78. The molecule has 2 aromatic carbocycles. The third-order valence-corrected chi connectivity index (χ3v) is 5.89. The van der Waals surface area contributed by atoms with Crippen LogP contribution < -0.4 is 10.1 Å². The molecule has 1 aliphatic rings. The maximum Gasteiger partial charge on any atom is 0.124 e. The molecule has 5 heteroatoms. The lowest BCUT2D eigenvalue weighted by molar-refractivity contribution is 0.197. The number of rotatable bonds is 4. The van der Waals surface area contributed by atoms with Gasteiger partial charge in [-0.1, -0.05) is 18.2 Å². The van der Waals surface area contributed by atoms with Gasteiger partial charge in [0, 0.05) is 41.3 Å². The van der Waals surface area contributed by atoms with E-state index in [4.69, 9.17) is 4.74 Å². The second-order valence-electron chi connectivity index (χ2n) is 6.26. The van der Waals surface area contributed by atoms with Crippen molar-refractivity contribution in [2.24, 2.45) is 0 Å². The van der Waals surface area contributed by atoms with Crippen molar-refractivity contribution < 1.29 is 9.13 Å². The fourth-order valence-electron chi connectivity index (χ4n) is 3.53. The molecule has 1 aliphatic heterocycles. The molecule has 1 unspecified atom stereocenters. The standard InChI is InChI=1S/C20H21FN2OS/c1-24-17-7-6-15(21)13-16(17)20(23-10-8-22-9-11-23)19-12-14-4-2-3-5-18(14)25-19/h2-7,12-13,20,22H,8-11H2,1H3. The number of hydrogen-bond donors (Lipinski definition) is 1. The first kappa shape index (κ1) is 16.5. The molecule has 1 N–H and O–H groups in total. The SMILES string of the molecule is COc1ccc(F)cc1C(c1cc2ccccc2s1)N1CCNCC1. The lowest BCUT2D eigenvalue weighted by Crippen LogP contribution is -2.45. The van der Waals surface area contributed by atoms with Crippen LogP contribution in [0.5, 0.6) is 5.75 Å². The number of methoxy groups -OCH3 is 1. The maximum atomic E-state index is 14.0. The first-order valence-corrected chi connectivity index (χ1v) is 9.34. The Morgan fingerprint density at radius 1 is 1.12 bits per heavy atom. The quantitative estimate of drug-likeness (QED) is 0.763. The van der Waals surface area contributed by atoms with Gasteiger partial charge in [-0.3, -0.25) is 4.90 Å². The molecule has 1 atom stereocenters. The average molecular weight is 356 g/mol. The zero-order chi connectivity index (χ0) is 17.2. The molecule has 1 aromatic heterocycles. The van der Waals surface area contributed by atoms with Crippen LogP contribution in [0.15, 0.2) is 48.5 Å². The lowest BCUT2D eigenvalue weighted by atomic mass is 10.0. The molecule has 1 saturated heterocycles. The molecule has 130 valence electrons. The highest BCUT2D eigenvalue weighted by atomic mass is 32.1. The fourth-order valence-corrected chi connectivity index (χ4v) is 4.75. The Morgan fingerprint density at radius 2 is 1.92 bits per heavy atom. The molecular weight excluding hydrogens is 335 g/mol. The maximum absolute atomic E-state index is 14.0. The molecular formula is C20H21FN2OS. The number of halogens is 1. The number of thiophene rings is 1. The Hall–Kier alpha value is -1.95. The number of hydrogen-bond acceptors (Lipinski definition) is 4. The van der Waals surface area contributed by atoms with Crippen LogP contribution in [0.4, 0.5) is 4.39 Å². The second kappa shape index (κ2) is 7.12. The zero-order valence-electron chi connectivity index (χ0n) is 14.2. The van der Waals surface area contributed by atoms with E-state index in [0.717, 1.165) is 37.5 Å². The zero-order valence-corrected chi connectivity index (χ0v) is 15.0. The summed E-state index contributed by atoms with van der Waals surface area (Å²) in [5, 5.41) is 4.63. The predicted molar refractivity (Wildman–Crippen MR) is 101 cm³/mol. The van der Waals surface area contributed by atoms with Crippen LogP contribution in [-0.4, -0.2) is 38.2 Å². The normalized spacial score (nSPS) is 16.9. The van der Waals surface area contributed by atoms with Crippen molar-refractivity contribution in [1.29, 1.82) is 0 Å². The molecule has 0 bridgehead atoms. The van der Waals surface area contributed by atoms with Gasteiger partial charge in [0.15, 0.2) is 0 Å². The predicted octanol–water partition coefficient (Wildman–Crippen LogP) is 4.04. The second-order valence-corrected chi connectivity index (χ2v) is 7.38. The van der Waals surface area contributed by atoms with Crippen molar-refractivity contribution >= 4 is 21.4 Å². The average Bonchev–Trinajstić information content (AvgIpc) is 3.06. The van der Waals surface area contributed by atoms with E-state index in [1.807, 2.05) is 0 Å². The Balaban J connectivity index is 1.85. The monoisotopic (exact) mass is 356 g/mol. The summed E-state index contributed by atoms with van der Waals surface area (Å²) in [6, 6.07) is 15.4. The van der Waals surface area contributed by atoms with E-state index in [9.17, 15) is 4.39 Å². The molecule has 0 spiro atoms. The molecule has 0 amide bonds. The van der Waals surface area contributed by atoms with Crippen LogP contribution >= 0.6 is 11.3 Å². The van der Waals surface area contributed by atoms with Crippen LogP contribution in [0.25, 0.3) is 10.1 Å². The van der Waals surface area contributed by atoms with E-state index < -0.39 is 0 Å². The van der Waals surface area contributed by atoms with Crippen molar-refractivity contribution in [2.75, 3.05) is 33.3 Å². The third-order valence-electron chi connectivity index (χ3n) is 4.72. The topological polar surface area (TPSA) is 24.5 Å². The summed E-state index contributed by atoms with van der Waals surface area (Å²) in [6.07, 6.45) is 0. The highest BCUT2D eigenvalue weighted by Gasteiger charge is 2.28. The van der Waals surface area contributed by atoms with Crippen LogP contribution in [0, 0.1) is 5.82 Å². The fraction of sp³-hybridized carbons (Fsp3) is 0.300. The Kier molecular flexibility index (Phi) is 4.70. The summed E-state index contributed by atoms with van der Waals surface area (Å²) in [6.45, 7) is 3.75. The largest absolute Gasteiger partial charge is 0.496 e. The van der Waals surface area contributed by atoms with Gasteiger partial charge in [0.25, 0.3) is 0 Å². The van der Waals surface area contributed by atoms with Crippen molar-refractivity contribution in [2.45, 2.75) is 6.04 Å². The number of piperazine rings is 1. The van der Waals surface area contributed by atoms with E-state index in [0.29, 0.717) is 0 Å². The van der Waals surface area contributed by atoms with Crippen molar-refractivity contribution in [3.63, 3.8) is 0 Å². The van der Waals surface area contributed by atoms with E-state index >= 15 is 0 Å². The van der Waals surface area contributed by atoms with Gasteiger partial charge in [0.2, 0.25) is 0 Å². The van der Waals surface area contributed by atoms with Crippen LogP contribution in [0.1, 0.15) is 16.5 Å². The van der Waals surface area contributed by atoms with Gasteiger partial charge in [-0.2, -0.15) is 0 Å². The molecule has 25 heavy (non-hydrogen) atoms. The van der Waals surface area contributed by atoms with Crippen LogP contribution in [0.2, 0.25) is 0 Å². The molecule has 0 radical (unpaired) electrons. The highest BCUT2D eigenvalue weighted by Crippen LogP contribution is 2.40. The van der Waals surface area contributed by atoms with Gasteiger partial charge in [-0.05, 0) is 35.7 Å². The molecule has 0 saturated carbocycles. The summed E-state index contributed by atoms with van der Waals surface area (Å²) in [5.41, 5.74) is 0.899. The summed E-state index contributed by atoms with van der Waals surface area (Å²) < 4.78 is 20.9. The summed E-state index contributed by atoms with van der Waals surface area (Å²) in [7, 11) is 1.65. The number of nitrogens with one attached hydrogen (secondary N) is 1. The Labute approximate surface area is 151 Å². The molecule has 0 aliphatic carbocycles. The van der Waals surface area contributed by atoms with Gasteiger partial charge in [-0.15, -0.1) is 11.3 Å². The first-order chi connectivity index (χ1) is 12.3. The van der Waals surface area contributed by atoms with Gasteiger partial charge >= 0.3 is 0 Å².